The van der Waals surface area contributed by atoms with Gasteiger partial charge in [0, 0.05) is 11.6 Å². The number of benzene rings is 3. The van der Waals surface area contributed by atoms with Gasteiger partial charge in [0.25, 0.3) is 5.91 Å². The fraction of sp³-hybridized carbons (Fsp3) is 0.160. The normalized spacial score (nSPS) is 16.4. The van der Waals surface area contributed by atoms with Gasteiger partial charge < -0.3 is 14.7 Å². The Morgan fingerprint density at radius 1 is 0.970 bits per heavy atom. The third-order valence-electron chi connectivity index (χ3n) is 5.58. The minimum absolute atomic E-state index is 0.0512. The summed E-state index contributed by atoms with van der Waals surface area (Å²) >= 11 is 5.92. The molecule has 0 radical (unpaired) electrons. The summed E-state index contributed by atoms with van der Waals surface area (Å²) in [6, 6.07) is 19.0. The number of halogens is 1. The number of aliphatic hydroxyl groups is 1. The van der Waals surface area contributed by atoms with Crippen molar-refractivity contribution >= 4 is 27.3 Å². The number of carbonyl (C=O) groups is 1. The maximum Gasteiger partial charge on any atom is 0.290 e. The van der Waals surface area contributed by atoms with Crippen molar-refractivity contribution < 1.29 is 23.1 Å². The van der Waals surface area contributed by atoms with Crippen LogP contribution in [0.4, 0.5) is 0 Å². The Kier molecular flexibility index (Phi) is 6.19. The zero-order valence-corrected chi connectivity index (χ0v) is 19.6. The van der Waals surface area contributed by atoms with E-state index in [1.807, 2.05) is 19.1 Å². The van der Waals surface area contributed by atoms with E-state index in [9.17, 15) is 18.3 Å². The van der Waals surface area contributed by atoms with Crippen molar-refractivity contribution in [3.05, 3.63) is 105 Å². The molecule has 170 valence electrons. The molecule has 0 bridgehead atoms. The number of methoxy groups -OCH3 is 1. The summed E-state index contributed by atoms with van der Waals surface area (Å²) in [4.78, 5) is 14.1. The molecule has 0 saturated carbocycles. The molecule has 4 rings (SSSR count). The molecule has 1 amide bonds. The Hall–Kier alpha value is -3.29. The van der Waals surface area contributed by atoms with E-state index in [0.29, 0.717) is 16.3 Å². The fourth-order valence-corrected chi connectivity index (χ4v) is 5.59. The van der Waals surface area contributed by atoms with E-state index in [1.165, 1.54) is 29.2 Å². The number of aliphatic hydroxyl groups excluding tert-OH is 1. The number of amides is 1. The first kappa shape index (κ1) is 22.9. The first-order chi connectivity index (χ1) is 15.7. The topological polar surface area (TPSA) is 83.9 Å². The molecule has 33 heavy (non-hydrogen) atoms. The van der Waals surface area contributed by atoms with Gasteiger partial charge in [0.1, 0.15) is 10.7 Å². The minimum Gasteiger partial charge on any atom is -0.502 e. The van der Waals surface area contributed by atoms with Gasteiger partial charge in [-0.25, -0.2) is 8.42 Å². The van der Waals surface area contributed by atoms with Crippen LogP contribution in [0.2, 0.25) is 5.02 Å². The number of sulfone groups is 1. The van der Waals surface area contributed by atoms with Crippen molar-refractivity contribution in [2.24, 2.45) is 0 Å². The van der Waals surface area contributed by atoms with Gasteiger partial charge in [0.15, 0.2) is 5.76 Å². The van der Waals surface area contributed by atoms with Gasteiger partial charge in [-0.3, -0.25) is 4.79 Å². The van der Waals surface area contributed by atoms with Crippen molar-refractivity contribution in [3.63, 3.8) is 0 Å². The van der Waals surface area contributed by atoms with E-state index in [0.717, 1.165) is 11.1 Å². The van der Waals surface area contributed by atoms with Gasteiger partial charge in [-0.1, -0.05) is 53.6 Å². The average Bonchev–Trinajstić information content (AvgIpc) is 3.06. The first-order valence-electron chi connectivity index (χ1n) is 10.2. The lowest BCUT2D eigenvalue weighted by Gasteiger charge is -2.27. The SMILES string of the molecule is COc1ccc(CN2C(=O)C(O)=C(S(=O)(=O)c3ccc(Cl)cc3)C2c2ccc(C)cc2)cc1. The van der Waals surface area contributed by atoms with E-state index in [1.54, 1.807) is 43.5 Å². The van der Waals surface area contributed by atoms with E-state index in [2.05, 4.69) is 0 Å². The second kappa shape index (κ2) is 8.92. The molecule has 1 heterocycles. The summed E-state index contributed by atoms with van der Waals surface area (Å²) in [5.74, 6) is -0.860. The van der Waals surface area contributed by atoms with Crippen LogP contribution in [0.3, 0.4) is 0 Å². The van der Waals surface area contributed by atoms with E-state index in [-0.39, 0.29) is 16.3 Å². The maximum atomic E-state index is 13.6. The highest BCUT2D eigenvalue weighted by Gasteiger charge is 2.46. The molecule has 0 aromatic heterocycles. The Labute approximate surface area is 197 Å². The standard InChI is InChI=1S/C25H22ClNO5S/c1-16-3-7-18(8-4-16)22-24(33(30,31)21-13-9-19(26)10-14-21)23(28)25(29)27(22)15-17-5-11-20(32-2)12-6-17/h3-14,22,28H,15H2,1-2H3. The molecule has 0 saturated heterocycles. The number of rotatable bonds is 6. The smallest absolute Gasteiger partial charge is 0.290 e. The van der Waals surface area contributed by atoms with Crippen molar-refractivity contribution in [2.75, 3.05) is 7.11 Å². The second-order valence-electron chi connectivity index (χ2n) is 7.76. The van der Waals surface area contributed by atoms with Crippen LogP contribution in [0.5, 0.6) is 5.75 Å². The lowest BCUT2D eigenvalue weighted by molar-refractivity contribution is -0.130. The van der Waals surface area contributed by atoms with Crippen molar-refractivity contribution in [1.82, 2.24) is 4.90 Å². The van der Waals surface area contributed by atoms with Crippen LogP contribution < -0.4 is 4.74 Å². The van der Waals surface area contributed by atoms with Crippen molar-refractivity contribution in [2.45, 2.75) is 24.4 Å². The number of hydrogen-bond acceptors (Lipinski definition) is 5. The van der Waals surface area contributed by atoms with E-state index in [4.69, 9.17) is 16.3 Å². The first-order valence-corrected chi connectivity index (χ1v) is 12.0. The third kappa shape index (κ3) is 4.34. The summed E-state index contributed by atoms with van der Waals surface area (Å²) in [5, 5.41) is 11.2. The lowest BCUT2D eigenvalue weighted by Crippen LogP contribution is -2.30. The number of ether oxygens (including phenoxy) is 1. The summed E-state index contributed by atoms with van der Waals surface area (Å²) in [5.41, 5.74) is 2.33. The van der Waals surface area contributed by atoms with Crippen LogP contribution in [0, 0.1) is 6.92 Å². The van der Waals surface area contributed by atoms with Gasteiger partial charge >= 0.3 is 0 Å². The monoisotopic (exact) mass is 483 g/mol. The molecule has 1 aliphatic rings. The zero-order chi connectivity index (χ0) is 23.8. The van der Waals surface area contributed by atoms with Crippen LogP contribution >= 0.6 is 11.6 Å². The third-order valence-corrected chi connectivity index (χ3v) is 7.72. The number of nitrogens with zero attached hydrogens (tertiary/aromatic N) is 1. The summed E-state index contributed by atoms with van der Waals surface area (Å²) in [7, 11) is -2.63. The Bertz CT molecular complexity index is 1310. The summed E-state index contributed by atoms with van der Waals surface area (Å²) in [6.07, 6.45) is 0. The van der Waals surface area contributed by atoms with Crippen LogP contribution in [0.15, 0.2) is 88.4 Å². The summed E-state index contributed by atoms with van der Waals surface area (Å²) < 4.78 is 32.3. The number of carbonyl (C=O) groups excluding carboxylic acids is 1. The maximum absolute atomic E-state index is 13.6. The molecular weight excluding hydrogens is 462 g/mol. The molecule has 0 aliphatic carbocycles. The predicted octanol–water partition coefficient (Wildman–Crippen LogP) is 4.98. The quantitative estimate of drug-likeness (QED) is 0.534. The highest BCUT2D eigenvalue weighted by molar-refractivity contribution is 7.95. The van der Waals surface area contributed by atoms with Crippen molar-refractivity contribution in [3.8, 4) is 5.75 Å². The number of aryl methyl sites for hydroxylation is 1. The van der Waals surface area contributed by atoms with Crippen LogP contribution in [-0.2, 0) is 21.2 Å². The minimum atomic E-state index is -4.19. The van der Waals surface area contributed by atoms with Gasteiger partial charge in [-0.2, -0.15) is 0 Å². The second-order valence-corrected chi connectivity index (χ2v) is 10.1. The van der Waals surface area contributed by atoms with Crippen molar-refractivity contribution in [1.29, 1.82) is 0 Å². The van der Waals surface area contributed by atoms with E-state index >= 15 is 0 Å². The Morgan fingerprint density at radius 3 is 2.15 bits per heavy atom. The molecule has 0 fully saturated rings. The highest BCUT2D eigenvalue weighted by Crippen LogP contribution is 2.43. The number of hydrogen-bond donors (Lipinski definition) is 1. The van der Waals surface area contributed by atoms with Gasteiger partial charge in [0.05, 0.1) is 18.0 Å². The molecule has 1 N–H and O–H groups in total. The molecule has 1 unspecified atom stereocenters. The molecule has 3 aromatic carbocycles. The van der Waals surface area contributed by atoms with Crippen LogP contribution in [-0.4, -0.2) is 31.4 Å². The fourth-order valence-electron chi connectivity index (χ4n) is 3.82. The van der Waals surface area contributed by atoms with Gasteiger partial charge in [-0.15, -0.1) is 0 Å². The molecule has 1 aliphatic heterocycles. The predicted molar refractivity (Wildman–Crippen MR) is 126 cm³/mol. The molecule has 1 atom stereocenters. The van der Waals surface area contributed by atoms with Crippen LogP contribution in [0.1, 0.15) is 22.7 Å². The largest absolute Gasteiger partial charge is 0.502 e. The Morgan fingerprint density at radius 2 is 1.58 bits per heavy atom. The molecule has 8 heteroatoms. The van der Waals surface area contributed by atoms with Gasteiger partial charge in [-0.05, 0) is 54.4 Å². The average molecular weight is 484 g/mol. The van der Waals surface area contributed by atoms with Gasteiger partial charge in [0.2, 0.25) is 9.84 Å². The molecular formula is C25H22ClNO5S. The summed E-state index contributed by atoms with van der Waals surface area (Å²) in [6.45, 7) is 2.02. The zero-order valence-electron chi connectivity index (χ0n) is 18.0. The lowest BCUT2D eigenvalue weighted by atomic mass is 10.0. The molecule has 3 aromatic rings. The molecule has 0 spiro atoms. The van der Waals surface area contributed by atoms with Crippen LogP contribution in [0.25, 0.3) is 0 Å². The molecule has 6 nitrogen and oxygen atoms in total. The Balaban J connectivity index is 1.82. The highest BCUT2D eigenvalue weighted by atomic mass is 35.5. The van der Waals surface area contributed by atoms with E-state index < -0.39 is 27.5 Å².